The number of hydrogen-bond acceptors (Lipinski definition) is 2. The number of amides is 1. The van der Waals surface area contributed by atoms with Crippen LogP contribution in [-0.2, 0) is 4.79 Å². The lowest BCUT2D eigenvalue weighted by atomic mass is 9.94. The Morgan fingerprint density at radius 2 is 1.77 bits per heavy atom. The van der Waals surface area contributed by atoms with Gasteiger partial charge in [0, 0.05) is 31.2 Å². The normalized spacial score (nSPS) is 21.9. The maximum atomic E-state index is 12.5. The Balaban J connectivity index is 2.15. The van der Waals surface area contributed by atoms with Crippen LogP contribution in [0.2, 0.25) is 0 Å². The lowest BCUT2D eigenvalue weighted by Crippen LogP contribution is -3.27. The first kappa shape index (κ1) is 21.0. The van der Waals surface area contributed by atoms with E-state index in [1.807, 2.05) is 13.8 Å². The standard InChI is InChI=1S/C20H33ClN4O/c1-20(2,15-21)19(26)22-14-18(25-12-10-24(5)11-13-25)16-6-8-17(9-7-16)23(3)4/h6-9,18H,10-15H2,1-5H3,(H,22,26)/p+2/t18-/m0/s1. The summed E-state index contributed by atoms with van der Waals surface area (Å²) in [5.74, 6) is 0.354. The largest absolute Gasteiger partial charge is 0.378 e. The molecule has 1 aliphatic rings. The summed E-state index contributed by atoms with van der Waals surface area (Å²) in [6.45, 7) is 9.02. The topological polar surface area (TPSA) is 41.2 Å². The van der Waals surface area contributed by atoms with Crippen molar-refractivity contribution in [1.82, 2.24) is 5.32 Å². The van der Waals surface area contributed by atoms with Crippen LogP contribution >= 0.6 is 11.6 Å². The molecule has 5 nitrogen and oxygen atoms in total. The number of quaternary nitrogens is 2. The Kier molecular flexibility index (Phi) is 7.33. The van der Waals surface area contributed by atoms with E-state index in [9.17, 15) is 4.79 Å². The zero-order valence-corrected chi connectivity index (χ0v) is 17.6. The van der Waals surface area contributed by atoms with Crippen molar-refractivity contribution in [3.8, 4) is 0 Å². The van der Waals surface area contributed by atoms with E-state index in [1.54, 1.807) is 9.80 Å². The summed E-state index contributed by atoms with van der Waals surface area (Å²) in [5, 5.41) is 3.16. The second kappa shape index (κ2) is 9.07. The minimum Gasteiger partial charge on any atom is -0.378 e. The molecule has 0 radical (unpaired) electrons. The molecule has 0 bridgehead atoms. The van der Waals surface area contributed by atoms with Crippen LogP contribution in [0.3, 0.4) is 0 Å². The van der Waals surface area contributed by atoms with Crippen molar-refractivity contribution in [2.75, 3.05) is 64.6 Å². The van der Waals surface area contributed by atoms with Gasteiger partial charge in [-0.3, -0.25) is 4.79 Å². The Labute approximate surface area is 163 Å². The van der Waals surface area contributed by atoms with Crippen LogP contribution in [0.25, 0.3) is 0 Å². The second-order valence-corrected chi connectivity index (χ2v) is 8.65. The summed E-state index contributed by atoms with van der Waals surface area (Å²) in [5.41, 5.74) is 1.94. The molecule has 0 unspecified atom stereocenters. The molecule has 26 heavy (non-hydrogen) atoms. The van der Waals surface area contributed by atoms with Crippen LogP contribution < -0.4 is 20.0 Å². The van der Waals surface area contributed by atoms with Gasteiger partial charge in [-0.2, -0.15) is 0 Å². The van der Waals surface area contributed by atoms with Crippen LogP contribution in [-0.4, -0.2) is 65.7 Å². The van der Waals surface area contributed by atoms with Gasteiger partial charge in [-0.15, -0.1) is 11.6 Å². The predicted molar refractivity (Wildman–Crippen MR) is 108 cm³/mol. The number of likely N-dealkylation sites (N-methyl/N-ethyl adjacent to an activating group) is 1. The van der Waals surface area contributed by atoms with Crippen LogP contribution in [0, 0.1) is 5.41 Å². The minimum absolute atomic E-state index is 0.0292. The molecule has 6 heteroatoms. The van der Waals surface area contributed by atoms with Gasteiger partial charge in [0.2, 0.25) is 5.91 Å². The number of carbonyl (C=O) groups excluding carboxylic acids is 1. The van der Waals surface area contributed by atoms with Crippen molar-refractivity contribution in [2.45, 2.75) is 19.9 Å². The SMILES string of the molecule is CN(C)c1ccc([C@H](CNC(=O)C(C)(C)CCl)[NH+]2CC[NH+](C)CC2)cc1. The summed E-state index contributed by atoms with van der Waals surface area (Å²) in [7, 11) is 6.35. The van der Waals surface area contributed by atoms with Gasteiger partial charge in [0.15, 0.2) is 0 Å². The first-order chi connectivity index (χ1) is 12.2. The van der Waals surface area contributed by atoms with Gasteiger partial charge in [-0.1, -0.05) is 12.1 Å². The predicted octanol–water partition coefficient (Wildman–Crippen LogP) is -0.412. The van der Waals surface area contributed by atoms with E-state index in [4.69, 9.17) is 11.6 Å². The number of alkyl halides is 1. The number of halogens is 1. The van der Waals surface area contributed by atoms with Gasteiger partial charge in [0.05, 0.1) is 19.0 Å². The molecule has 1 saturated heterocycles. The monoisotopic (exact) mass is 382 g/mol. The highest BCUT2D eigenvalue weighted by molar-refractivity contribution is 6.19. The maximum Gasteiger partial charge on any atom is 0.227 e. The zero-order valence-electron chi connectivity index (χ0n) is 16.9. The number of anilines is 1. The number of benzene rings is 1. The van der Waals surface area contributed by atoms with Crippen molar-refractivity contribution in [3.63, 3.8) is 0 Å². The third kappa shape index (κ3) is 5.35. The van der Waals surface area contributed by atoms with Crippen molar-refractivity contribution < 1.29 is 14.6 Å². The van der Waals surface area contributed by atoms with Gasteiger partial charge in [-0.25, -0.2) is 0 Å². The average molecular weight is 383 g/mol. The van der Waals surface area contributed by atoms with Crippen LogP contribution in [0.4, 0.5) is 5.69 Å². The molecule has 1 aliphatic heterocycles. The van der Waals surface area contributed by atoms with E-state index in [2.05, 4.69) is 55.6 Å². The molecule has 0 aliphatic carbocycles. The lowest BCUT2D eigenvalue weighted by molar-refractivity contribution is -1.02. The maximum absolute atomic E-state index is 12.5. The molecule has 0 saturated carbocycles. The Morgan fingerprint density at radius 1 is 1.19 bits per heavy atom. The van der Waals surface area contributed by atoms with Crippen molar-refractivity contribution in [2.24, 2.45) is 5.41 Å². The highest BCUT2D eigenvalue weighted by Crippen LogP contribution is 2.19. The molecule has 3 N–H and O–H groups in total. The summed E-state index contributed by atoms with van der Waals surface area (Å²) >= 11 is 5.96. The molecule has 1 fully saturated rings. The van der Waals surface area contributed by atoms with Crippen molar-refractivity contribution >= 4 is 23.2 Å². The number of rotatable bonds is 7. The molecule has 0 aromatic heterocycles. The molecule has 1 amide bonds. The number of hydrogen-bond donors (Lipinski definition) is 3. The molecule has 1 atom stereocenters. The van der Waals surface area contributed by atoms with Gasteiger partial charge in [-0.05, 0) is 26.0 Å². The van der Waals surface area contributed by atoms with Crippen LogP contribution in [0.15, 0.2) is 24.3 Å². The lowest BCUT2D eigenvalue weighted by Gasteiger charge is -2.34. The third-order valence-corrected chi connectivity index (χ3v) is 6.13. The minimum atomic E-state index is -0.539. The molecule has 146 valence electrons. The van der Waals surface area contributed by atoms with E-state index in [-0.39, 0.29) is 11.9 Å². The van der Waals surface area contributed by atoms with E-state index in [1.165, 1.54) is 24.3 Å². The average Bonchev–Trinajstić information content (AvgIpc) is 2.63. The number of nitrogens with one attached hydrogen (secondary N) is 3. The van der Waals surface area contributed by atoms with E-state index < -0.39 is 5.41 Å². The number of nitrogens with zero attached hydrogens (tertiary/aromatic N) is 1. The van der Waals surface area contributed by atoms with Gasteiger partial charge >= 0.3 is 0 Å². The van der Waals surface area contributed by atoms with Crippen molar-refractivity contribution in [1.29, 1.82) is 0 Å². The summed E-state index contributed by atoms with van der Waals surface area (Å²) in [6, 6.07) is 9.00. The fraction of sp³-hybridized carbons (Fsp3) is 0.650. The van der Waals surface area contributed by atoms with Gasteiger partial charge < -0.3 is 20.0 Å². The summed E-state index contributed by atoms with van der Waals surface area (Å²) < 4.78 is 0. The Morgan fingerprint density at radius 3 is 2.27 bits per heavy atom. The molecule has 1 aromatic rings. The highest BCUT2D eigenvalue weighted by Gasteiger charge is 2.32. The quantitative estimate of drug-likeness (QED) is 0.561. The summed E-state index contributed by atoms with van der Waals surface area (Å²) in [6.07, 6.45) is 0. The van der Waals surface area contributed by atoms with E-state index >= 15 is 0 Å². The first-order valence-electron chi connectivity index (χ1n) is 9.52. The van der Waals surface area contributed by atoms with E-state index in [0.29, 0.717) is 12.4 Å². The van der Waals surface area contributed by atoms with Gasteiger partial charge in [0.1, 0.15) is 32.2 Å². The third-order valence-electron chi connectivity index (χ3n) is 5.47. The van der Waals surface area contributed by atoms with Crippen LogP contribution in [0.5, 0.6) is 0 Å². The molecule has 1 heterocycles. The smallest absolute Gasteiger partial charge is 0.227 e. The molecule has 1 aromatic carbocycles. The zero-order chi connectivity index (χ0) is 19.3. The molecular formula is C20H35ClN4O+2. The Bertz CT molecular complexity index is 580. The fourth-order valence-electron chi connectivity index (χ4n) is 3.34. The van der Waals surface area contributed by atoms with E-state index in [0.717, 1.165) is 13.1 Å². The summed E-state index contributed by atoms with van der Waals surface area (Å²) in [4.78, 5) is 17.7. The highest BCUT2D eigenvalue weighted by atomic mass is 35.5. The van der Waals surface area contributed by atoms with Gasteiger partial charge in [0.25, 0.3) is 0 Å². The van der Waals surface area contributed by atoms with Crippen LogP contribution in [0.1, 0.15) is 25.5 Å². The molecule has 2 rings (SSSR count). The van der Waals surface area contributed by atoms with Crippen molar-refractivity contribution in [3.05, 3.63) is 29.8 Å². The molecule has 0 spiro atoms. The fourth-order valence-corrected chi connectivity index (χ4v) is 3.47. The Hall–Kier alpha value is -1.30. The first-order valence-corrected chi connectivity index (χ1v) is 10.1. The number of carbonyl (C=O) groups is 1. The molecular weight excluding hydrogens is 348 g/mol. The second-order valence-electron chi connectivity index (χ2n) is 8.38. The number of piperazine rings is 1.